The zero-order valence-electron chi connectivity index (χ0n) is 11.5. The molecule has 0 aliphatic heterocycles. The highest BCUT2D eigenvalue weighted by atomic mass is 79.9. The first-order chi connectivity index (χ1) is 9.88. The molecular weight excluding hydrogens is 360 g/mol. The number of aryl methyl sites for hydroxylation is 1. The van der Waals surface area contributed by atoms with Crippen LogP contribution < -0.4 is 5.32 Å². The largest absolute Gasteiger partial charge is 0.481 e. The number of nitrogens with one attached hydrogen (secondary N) is 1. The summed E-state index contributed by atoms with van der Waals surface area (Å²) in [5.74, 6) is -0.909. The number of carbonyl (C=O) groups is 2. The van der Waals surface area contributed by atoms with Gasteiger partial charge in [0.15, 0.2) is 0 Å². The summed E-state index contributed by atoms with van der Waals surface area (Å²) in [6.45, 7) is 2.09. The number of hydrogen-bond donors (Lipinski definition) is 2. The van der Waals surface area contributed by atoms with Crippen LogP contribution in [0.15, 0.2) is 16.6 Å². The van der Waals surface area contributed by atoms with Crippen molar-refractivity contribution in [3.8, 4) is 0 Å². The van der Waals surface area contributed by atoms with Gasteiger partial charge in [-0.15, -0.1) is 0 Å². The summed E-state index contributed by atoms with van der Waals surface area (Å²) in [7, 11) is 0. The molecule has 2 rings (SSSR count). The lowest BCUT2D eigenvalue weighted by Crippen LogP contribution is -2.38. The molecule has 0 unspecified atom stereocenters. The number of urea groups is 1. The van der Waals surface area contributed by atoms with Crippen LogP contribution in [0.5, 0.6) is 0 Å². The van der Waals surface area contributed by atoms with Crippen molar-refractivity contribution in [2.75, 3.05) is 11.9 Å². The third kappa shape index (κ3) is 4.35. The number of carbonyl (C=O) groups excluding carboxylic acids is 1. The number of amides is 2. The highest BCUT2D eigenvalue weighted by Crippen LogP contribution is 2.31. The minimum Gasteiger partial charge on any atom is -0.481 e. The lowest BCUT2D eigenvalue weighted by Gasteiger charge is -2.22. The van der Waals surface area contributed by atoms with Crippen LogP contribution in [0, 0.1) is 6.92 Å². The normalized spacial score (nSPS) is 13.9. The third-order valence-electron chi connectivity index (χ3n) is 3.30. The van der Waals surface area contributed by atoms with Gasteiger partial charge in [0.2, 0.25) is 0 Å². The molecule has 2 N–H and O–H groups in total. The highest BCUT2D eigenvalue weighted by Gasteiger charge is 2.32. The number of anilines is 1. The molecular formula is C14H16BrClN2O3. The molecule has 0 saturated heterocycles. The van der Waals surface area contributed by atoms with Gasteiger partial charge in [0.25, 0.3) is 0 Å². The molecule has 1 aromatic carbocycles. The number of nitrogens with zero attached hydrogens (tertiary/aromatic N) is 1. The number of carboxylic acid groups (broad SMARTS) is 1. The van der Waals surface area contributed by atoms with Crippen LogP contribution in [-0.2, 0) is 4.79 Å². The van der Waals surface area contributed by atoms with E-state index in [1.165, 1.54) is 0 Å². The van der Waals surface area contributed by atoms with Crippen LogP contribution in [0.1, 0.15) is 24.8 Å². The van der Waals surface area contributed by atoms with E-state index in [4.69, 9.17) is 16.7 Å². The zero-order valence-corrected chi connectivity index (χ0v) is 13.9. The maximum atomic E-state index is 12.3. The van der Waals surface area contributed by atoms with E-state index in [0.717, 1.165) is 22.9 Å². The number of rotatable bonds is 5. The Morgan fingerprint density at radius 2 is 2.14 bits per heavy atom. The van der Waals surface area contributed by atoms with E-state index in [0.29, 0.717) is 10.7 Å². The van der Waals surface area contributed by atoms with Gasteiger partial charge in [-0.2, -0.15) is 0 Å². The molecule has 0 atom stereocenters. The van der Waals surface area contributed by atoms with Gasteiger partial charge in [-0.3, -0.25) is 4.79 Å². The van der Waals surface area contributed by atoms with E-state index < -0.39 is 5.97 Å². The van der Waals surface area contributed by atoms with Crippen LogP contribution in [0.25, 0.3) is 0 Å². The fourth-order valence-electron chi connectivity index (χ4n) is 1.98. The molecule has 1 aliphatic carbocycles. The average molecular weight is 376 g/mol. The summed E-state index contributed by atoms with van der Waals surface area (Å²) < 4.78 is 0.742. The predicted molar refractivity (Wildman–Crippen MR) is 84.9 cm³/mol. The number of halogens is 2. The van der Waals surface area contributed by atoms with E-state index in [-0.39, 0.29) is 25.0 Å². The summed E-state index contributed by atoms with van der Waals surface area (Å²) in [5, 5.41) is 12.1. The van der Waals surface area contributed by atoms with E-state index in [9.17, 15) is 9.59 Å². The van der Waals surface area contributed by atoms with Crippen molar-refractivity contribution in [2.24, 2.45) is 0 Å². The molecule has 1 aliphatic rings. The molecule has 1 saturated carbocycles. The first kappa shape index (κ1) is 16.1. The van der Waals surface area contributed by atoms with Crippen molar-refractivity contribution in [1.82, 2.24) is 4.90 Å². The van der Waals surface area contributed by atoms with Crippen molar-refractivity contribution in [3.63, 3.8) is 0 Å². The Kier molecular flexibility index (Phi) is 5.11. The van der Waals surface area contributed by atoms with Crippen molar-refractivity contribution in [2.45, 2.75) is 32.2 Å². The Labute approximate surface area is 136 Å². The first-order valence-corrected chi connectivity index (χ1v) is 7.80. The first-order valence-electron chi connectivity index (χ1n) is 6.63. The quantitative estimate of drug-likeness (QED) is 0.820. The standard InChI is InChI=1S/C14H16BrClN2O3/c1-8-6-10(15)12(7-11(8)16)17-14(21)18(9-2-3-9)5-4-13(19)20/h6-7,9H,2-5H2,1H3,(H,17,21)(H,19,20). The van der Waals surface area contributed by atoms with Crippen molar-refractivity contribution < 1.29 is 14.7 Å². The topological polar surface area (TPSA) is 69.6 Å². The van der Waals surface area contributed by atoms with Gasteiger partial charge in [-0.1, -0.05) is 11.6 Å². The smallest absolute Gasteiger partial charge is 0.322 e. The number of carboxylic acids is 1. The van der Waals surface area contributed by atoms with E-state index >= 15 is 0 Å². The summed E-state index contributed by atoms with van der Waals surface area (Å²) in [6, 6.07) is 3.36. The Hall–Kier alpha value is -1.27. The van der Waals surface area contributed by atoms with E-state index in [2.05, 4.69) is 21.2 Å². The molecule has 2 amide bonds. The average Bonchev–Trinajstić information content (AvgIpc) is 3.20. The van der Waals surface area contributed by atoms with Gasteiger partial charge in [0.05, 0.1) is 12.1 Å². The Morgan fingerprint density at radius 3 is 2.71 bits per heavy atom. The Bertz CT molecular complexity index is 576. The van der Waals surface area contributed by atoms with Gasteiger partial charge in [-0.25, -0.2) is 4.79 Å². The maximum Gasteiger partial charge on any atom is 0.322 e. The Morgan fingerprint density at radius 1 is 1.48 bits per heavy atom. The van der Waals surface area contributed by atoms with Crippen LogP contribution in [0.4, 0.5) is 10.5 Å². The SMILES string of the molecule is Cc1cc(Br)c(NC(=O)N(CCC(=O)O)C2CC2)cc1Cl. The molecule has 0 spiro atoms. The second kappa shape index (κ2) is 6.66. The molecule has 21 heavy (non-hydrogen) atoms. The zero-order chi connectivity index (χ0) is 15.6. The Balaban J connectivity index is 2.08. The van der Waals surface area contributed by atoms with Gasteiger partial charge in [-0.05, 0) is 53.4 Å². The molecule has 1 aromatic rings. The number of benzene rings is 1. The van der Waals surface area contributed by atoms with E-state index in [1.807, 2.05) is 13.0 Å². The molecule has 0 aromatic heterocycles. The number of hydrogen-bond acceptors (Lipinski definition) is 2. The fourth-order valence-corrected chi connectivity index (χ4v) is 2.70. The molecule has 0 heterocycles. The van der Waals surface area contributed by atoms with Crippen LogP contribution >= 0.6 is 27.5 Å². The molecule has 5 nitrogen and oxygen atoms in total. The molecule has 1 fully saturated rings. The fraction of sp³-hybridized carbons (Fsp3) is 0.429. The summed E-state index contributed by atoms with van der Waals surface area (Å²) in [5.41, 5.74) is 1.49. The van der Waals surface area contributed by atoms with Gasteiger partial charge in [0.1, 0.15) is 0 Å². The monoisotopic (exact) mass is 374 g/mol. The summed E-state index contributed by atoms with van der Waals surface area (Å²) in [6.07, 6.45) is 1.78. The molecule has 0 bridgehead atoms. The molecule has 114 valence electrons. The van der Waals surface area contributed by atoms with Crippen LogP contribution in [-0.4, -0.2) is 34.6 Å². The van der Waals surface area contributed by atoms with Gasteiger partial charge < -0.3 is 15.3 Å². The molecule has 0 radical (unpaired) electrons. The second-order valence-electron chi connectivity index (χ2n) is 5.08. The van der Waals surface area contributed by atoms with Crippen LogP contribution in [0.3, 0.4) is 0 Å². The van der Waals surface area contributed by atoms with Gasteiger partial charge >= 0.3 is 12.0 Å². The second-order valence-corrected chi connectivity index (χ2v) is 6.34. The molecule has 7 heteroatoms. The van der Waals surface area contributed by atoms with Crippen molar-refractivity contribution in [1.29, 1.82) is 0 Å². The highest BCUT2D eigenvalue weighted by molar-refractivity contribution is 9.10. The van der Waals surface area contributed by atoms with Crippen molar-refractivity contribution in [3.05, 3.63) is 27.2 Å². The van der Waals surface area contributed by atoms with E-state index in [1.54, 1.807) is 11.0 Å². The summed E-state index contributed by atoms with van der Waals surface area (Å²) >= 11 is 9.45. The minimum atomic E-state index is -0.909. The lowest BCUT2D eigenvalue weighted by molar-refractivity contribution is -0.137. The summed E-state index contributed by atoms with van der Waals surface area (Å²) in [4.78, 5) is 24.6. The van der Waals surface area contributed by atoms with Crippen molar-refractivity contribution >= 4 is 45.2 Å². The van der Waals surface area contributed by atoms with Gasteiger partial charge in [0, 0.05) is 22.1 Å². The maximum absolute atomic E-state index is 12.3. The third-order valence-corrected chi connectivity index (χ3v) is 4.37. The minimum absolute atomic E-state index is 0.0558. The predicted octanol–water partition coefficient (Wildman–Crippen LogP) is 3.88. The van der Waals surface area contributed by atoms with Crippen LogP contribution in [0.2, 0.25) is 5.02 Å². The number of aliphatic carboxylic acids is 1. The lowest BCUT2D eigenvalue weighted by atomic mass is 10.2.